The molecule has 2 fully saturated rings. The van der Waals surface area contributed by atoms with Crippen LogP contribution in [0.4, 0.5) is 4.39 Å². The summed E-state index contributed by atoms with van der Waals surface area (Å²) in [5, 5.41) is 0. The Bertz CT molecular complexity index is 880. The summed E-state index contributed by atoms with van der Waals surface area (Å²) in [5.74, 6) is 1.01. The zero-order valence-corrected chi connectivity index (χ0v) is 17.2. The number of rotatable bonds is 5. The molecule has 0 N–H and O–H groups in total. The first-order valence-corrected chi connectivity index (χ1v) is 10.9. The van der Waals surface area contributed by atoms with Gasteiger partial charge in [0.1, 0.15) is 17.6 Å². The van der Waals surface area contributed by atoms with Crippen molar-refractivity contribution in [3.8, 4) is 0 Å². The second kappa shape index (κ2) is 9.41. The van der Waals surface area contributed by atoms with Crippen molar-refractivity contribution in [1.29, 1.82) is 0 Å². The molecule has 0 aliphatic carbocycles. The zero-order chi connectivity index (χ0) is 20.9. The number of aromatic nitrogens is 1. The SMILES string of the molecule is O=C1CCCCCN1CC(=O)N1CCCCC1c1ncc(Cc2ccc(F)cc2)o1. The Kier molecular flexibility index (Phi) is 6.45. The van der Waals surface area contributed by atoms with Crippen LogP contribution in [0, 0.1) is 5.82 Å². The molecule has 0 spiro atoms. The van der Waals surface area contributed by atoms with Crippen LogP contribution in [0.5, 0.6) is 0 Å². The summed E-state index contributed by atoms with van der Waals surface area (Å²) < 4.78 is 19.1. The molecule has 0 bridgehead atoms. The number of halogens is 1. The van der Waals surface area contributed by atoms with E-state index in [2.05, 4.69) is 4.98 Å². The van der Waals surface area contributed by atoms with E-state index in [1.165, 1.54) is 12.1 Å². The Hall–Kier alpha value is -2.70. The topological polar surface area (TPSA) is 66.7 Å². The maximum absolute atomic E-state index is 13.1. The van der Waals surface area contributed by atoms with E-state index in [4.69, 9.17) is 4.42 Å². The maximum atomic E-state index is 13.1. The van der Waals surface area contributed by atoms with Crippen LogP contribution < -0.4 is 0 Å². The van der Waals surface area contributed by atoms with Crippen molar-refractivity contribution in [2.75, 3.05) is 19.6 Å². The lowest BCUT2D eigenvalue weighted by Crippen LogP contribution is -2.46. The molecule has 0 saturated carbocycles. The molecule has 1 aromatic heterocycles. The number of nitrogens with zero attached hydrogens (tertiary/aromatic N) is 3. The van der Waals surface area contributed by atoms with Crippen molar-refractivity contribution in [3.05, 3.63) is 53.5 Å². The van der Waals surface area contributed by atoms with Gasteiger partial charge >= 0.3 is 0 Å². The van der Waals surface area contributed by atoms with Crippen LogP contribution in [-0.2, 0) is 16.0 Å². The molecule has 2 saturated heterocycles. The largest absolute Gasteiger partial charge is 0.443 e. The number of hydrogen-bond donors (Lipinski definition) is 0. The lowest BCUT2D eigenvalue weighted by atomic mass is 10.0. The highest BCUT2D eigenvalue weighted by atomic mass is 19.1. The summed E-state index contributed by atoms with van der Waals surface area (Å²) in [6.45, 7) is 1.45. The number of benzene rings is 1. The van der Waals surface area contributed by atoms with Crippen molar-refractivity contribution < 1.29 is 18.4 Å². The quantitative estimate of drug-likeness (QED) is 0.747. The Morgan fingerprint density at radius 1 is 1.10 bits per heavy atom. The van der Waals surface area contributed by atoms with Crippen molar-refractivity contribution in [3.63, 3.8) is 0 Å². The van der Waals surface area contributed by atoms with E-state index in [-0.39, 0.29) is 30.2 Å². The highest BCUT2D eigenvalue weighted by molar-refractivity contribution is 5.85. The molecular weight excluding hydrogens is 385 g/mol. The van der Waals surface area contributed by atoms with E-state index in [0.717, 1.165) is 44.1 Å². The molecule has 3 heterocycles. The van der Waals surface area contributed by atoms with Gasteiger partial charge in [0.2, 0.25) is 17.7 Å². The Balaban J connectivity index is 1.44. The first kappa shape index (κ1) is 20.6. The maximum Gasteiger partial charge on any atom is 0.242 e. The number of hydrogen-bond acceptors (Lipinski definition) is 4. The fraction of sp³-hybridized carbons (Fsp3) is 0.522. The summed E-state index contributed by atoms with van der Waals surface area (Å²) in [6, 6.07) is 6.12. The summed E-state index contributed by atoms with van der Waals surface area (Å²) in [7, 11) is 0. The van der Waals surface area contributed by atoms with Crippen molar-refractivity contribution in [1.82, 2.24) is 14.8 Å². The van der Waals surface area contributed by atoms with Crippen LogP contribution in [0.1, 0.15) is 68.2 Å². The summed E-state index contributed by atoms with van der Waals surface area (Å²) in [5.41, 5.74) is 0.940. The third-order valence-corrected chi connectivity index (χ3v) is 5.97. The van der Waals surface area contributed by atoms with Crippen molar-refractivity contribution in [2.45, 2.75) is 57.4 Å². The van der Waals surface area contributed by atoms with Gasteiger partial charge < -0.3 is 14.2 Å². The van der Waals surface area contributed by atoms with Gasteiger partial charge in [-0.3, -0.25) is 9.59 Å². The van der Waals surface area contributed by atoms with E-state index in [0.29, 0.717) is 37.6 Å². The first-order valence-electron chi connectivity index (χ1n) is 10.9. The second-order valence-corrected chi connectivity index (χ2v) is 8.19. The molecule has 6 nitrogen and oxygen atoms in total. The van der Waals surface area contributed by atoms with Crippen LogP contribution in [0.2, 0.25) is 0 Å². The minimum Gasteiger partial charge on any atom is -0.443 e. The second-order valence-electron chi connectivity index (χ2n) is 8.19. The molecule has 2 aliphatic rings. The van der Waals surface area contributed by atoms with Crippen LogP contribution in [-0.4, -0.2) is 46.2 Å². The number of carbonyl (C=O) groups excluding carboxylic acids is 2. The average molecular weight is 413 g/mol. The van der Waals surface area contributed by atoms with Gasteiger partial charge in [0.05, 0.1) is 12.7 Å². The monoisotopic (exact) mass is 413 g/mol. The molecule has 2 aromatic rings. The zero-order valence-electron chi connectivity index (χ0n) is 17.2. The van der Waals surface area contributed by atoms with Crippen LogP contribution in [0.25, 0.3) is 0 Å². The fourth-order valence-electron chi connectivity index (χ4n) is 4.31. The molecule has 1 unspecified atom stereocenters. The molecule has 0 radical (unpaired) electrons. The molecule has 4 rings (SSSR count). The molecule has 1 atom stereocenters. The molecule has 1 aromatic carbocycles. The van der Waals surface area contributed by atoms with Gasteiger partial charge in [0.25, 0.3) is 0 Å². The summed E-state index contributed by atoms with van der Waals surface area (Å²) in [6.07, 6.45) is 8.39. The van der Waals surface area contributed by atoms with Crippen LogP contribution in [0.15, 0.2) is 34.9 Å². The van der Waals surface area contributed by atoms with Gasteiger partial charge in [-0.15, -0.1) is 0 Å². The Morgan fingerprint density at radius 3 is 2.73 bits per heavy atom. The summed E-state index contributed by atoms with van der Waals surface area (Å²) >= 11 is 0. The lowest BCUT2D eigenvalue weighted by molar-refractivity contribution is -0.143. The average Bonchev–Trinajstić information content (AvgIpc) is 3.13. The van der Waals surface area contributed by atoms with Gasteiger partial charge in [-0.2, -0.15) is 0 Å². The molecule has 2 amide bonds. The van der Waals surface area contributed by atoms with E-state index in [1.54, 1.807) is 23.2 Å². The van der Waals surface area contributed by atoms with Gasteiger partial charge in [0.15, 0.2) is 0 Å². The molecular formula is C23H28FN3O3. The van der Waals surface area contributed by atoms with Gasteiger partial charge in [-0.25, -0.2) is 9.37 Å². The highest BCUT2D eigenvalue weighted by Crippen LogP contribution is 2.31. The normalized spacial score (nSPS) is 20.3. The first-order chi connectivity index (χ1) is 14.6. The third kappa shape index (κ3) is 4.89. The number of amides is 2. The Labute approximate surface area is 176 Å². The minimum atomic E-state index is -0.267. The molecule has 2 aliphatic heterocycles. The van der Waals surface area contributed by atoms with Gasteiger partial charge in [-0.05, 0) is 49.8 Å². The predicted octanol–water partition coefficient (Wildman–Crippen LogP) is 3.86. The number of likely N-dealkylation sites (tertiary alicyclic amines) is 2. The number of piperidine rings is 1. The summed E-state index contributed by atoms with van der Waals surface area (Å²) in [4.78, 5) is 33.3. The fourth-order valence-corrected chi connectivity index (χ4v) is 4.31. The van der Waals surface area contributed by atoms with Gasteiger partial charge in [0, 0.05) is 25.9 Å². The van der Waals surface area contributed by atoms with Gasteiger partial charge in [-0.1, -0.05) is 18.6 Å². The highest BCUT2D eigenvalue weighted by Gasteiger charge is 2.33. The predicted molar refractivity (Wildman–Crippen MR) is 109 cm³/mol. The van der Waals surface area contributed by atoms with Crippen molar-refractivity contribution in [2.24, 2.45) is 0 Å². The molecule has 160 valence electrons. The van der Waals surface area contributed by atoms with Crippen LogP contribution in [0.3, 0.4) is 0 Å². The van der Waals surface area contributed by atoms with E-state index < -0.39 is 0 Å². The number of oxazole rings is 1. The van der Waals surface area contributed by atoms with E-state index >= 15 is 0 Å². The molecule has 7 heteroatoms. The molecule has 30 heavy (non-hydrogen) atoms. The minimum absolute atomic E-state index is 0.0340. The van der Waals surface area contributed by atoms with Crippen LogP contribution >= 0.6 is 0 Å². The van der Waals surface area contributed by atoms with E-state index in [9.17, 15) is 14.0 Å². The number of carbonyl (C=O) groups is 2. The third-order valence-electron chi connectivity index (χ3n) is 5.97. The lowest BCUT2D eigenvalue weighted by Gasteiger charge is -2.35. The van der Waals surface area contributed by atoms with E-state index in [1.807, 2.05) is 4.90 Å². The smallest absolute Gasteiger partial charge is 0.242 e. The standard InChI is InChI=1S/C23H28FN3O3/c24-18-10-8-17(9-11-18)14-19-15-25-23(30-19)20-6-3-5-13-27(20)22(29)16-26-12-4-1-2-7-21(26)28/h8-11,15,20H,1-7,12-14,16H2. The Morgan fingerprint density at radius 2 is 1.90 bits per heavy atom. The van der Waals surface area contributed by atoms with Crippen molar-refractivity contribution >= 4 is 11.8 Å².